The number of halogens is 1. The molecule has 2 rings (SSSR count). The van der Waals surface area contributed by atoms with Crippen molar-refractivity contribution in [3.05, 3.63) is 29.3 Å². The molecule has 1 aliphatic rings. The first-order valence-corrected chi connectivity index (χ1v) is 8.27. The third-order valence-corrected chi connectivity index (χ3v) is 4.33. The molecule has 23 heavy (non-hydrogen) atoms. The lowest BCUT2D eigenvalue weighted by Gasteiger charge is -2.19. The number of nitrogens with zero attached hydrogens (tertiary/aromatic N) is 1. The van der Waals surface area contributed by atoms with Gasteiger partial charge in [-0.05, 0) is 31.4 Å². The molecule has 5 nitrogen and oxygen atoms in total. The van der Waals surface area contributed by atoms with Gasteiger partial charge in [0.05, 0.1) is 22.7 Å². The van der Waals surface area contributed by atoms with E-state index in [-0.39, 0.29) is 36.2 Å². The lowest BCUT2D eigenvalue weighted by Crippen LogP contribution is -2.36. The Morgan fingerprint density at radius 1 is 1.43 bits per heavy atom. The zero-order valence-electron chi connectivity index (χ0n) is 13.5. The fourth-order valence-electron chi connectivity index (χ4n) is 2.87. The van der Waals surface area contributed by atoms with Gasteiger partial charge >= 0.3 is 0 Å². The molecule has 1 fully saturated rings. The van der Waals surface area contributed by atoms with E-state index in [0.717, 1.165) is 0 Å². The van der Waals surface area contributed by atoms with Gasteiger partial charge < -0.3 is 15.3 Å². The fourth-order valence-corrected chi connectivity index (χ4v) is 3.11. The van der Waals surface area contributed by atoms with Crippen LogP contribution in [0.4, 0.5) is 5.69 Å². The van der Waals surface area contributed by atoms with Gasteiger partial charge in [0.1, 0.15) is 0 Å². The Balaban J connectivity index is 1.92. The molecule has 0 spiro atoms. The van der Waals surface area contributed by atoms with Gasteiger partial charge in [0.25, 0.3) is 0 Å². The molecule has 6 heteroatoms. The maximum absolute atomic E-state index is 12.3. The van der Waals surface area contributed by atoms with Gasteiger partial charge in [-0.1, -0.05) is 30.7 Å². The number of rotatable bonds is 6. The first-order valence-electron chi connectivity index (χ1n) is 7.89. The van der Waals surface area contributed by atoms with Crippen molar-refractivity contribution in [2.75, 3.05) is 18.0 Å². The molecule has 1 aliphatic heterocycles. The highest BCUT2D eigenvalue weighted by Gasteiger charge is 2.35. The number of amides is 2. The molecule has 126 valence electrons. The third kappa shape index (κ3) is 4.69. The van der Waals surface area contributed by atoms with Gasteiger partial charge in [-0.15, -0.1) is 0 Å². The zero-order valence-corrected chi connectivity index (χ0v) is 14.2. The van der Waals surface area contributed by atoms with E-state index in [1.54, 1.807) is 30.0 Å². The van der Waals surface area contributed by atoms with Crippen LogP contribution < -0.4 is 10.2 Å². The molecule has 1 aromatic rings. The average Bonchev–Trinajstić information content (AvgIpc) is 2.86. The second-order valence-electron chi connectivity index (χ2n) is 6.29. The quantitative estimate of drug-likeness (QED) is 0.835. The summed E-state index contributed by atoms with van der Waals surface area (Å²) in [5, 5.41) is 12.7. The van der Waals surface area contributed by atoms with Crippen molar-refractivity contribution in [3.63, 3.8) is 0 Å². The van der Waals surface area contributed by atoms with Crippen molar-refractivity contribution in [2.24, 2.45) is 11.8 Å². The molecular formula is C17H23ClN2O3. The first-order chi connectivity index (χ1) is 10.9. The summed E-state index contributed by atoms with van der Waals surface area (Å²) in [6, 6.07) is 7.14. The van der Waals surface area contributed by atoms with Gasteiger partial charge in [-0.25, -0.2) is 0 Å². The molecule has 3 atom stereocenters. The zero-order chi connectivity index (χ0) is 17.0. The van der Waals surface area contributed by atoms with E-state index in [9.17, 15) is 14.7 Å². The van der Waals surface area contributed by atoms with Crippen LogP contribution in [-0.2, 0) is 9.59 Å². The molecular weight excluding hydrogens is 316 g/mol. The lowest BCUT2D eigenvalue weighted by atomic mass is 10.0. The van der Waals surface area contributed by atoms with Crippen molar-refractivity contribution in [1.29, 1.82) is 0 Å². The van der Waals surface area contributed by atoms with Gasteiger partial charge in [-0.2, -0.15) is 0 Å². The highest BCUT2D eigenvalue weighted by Crippen LogP contribution is 2.31. The average molecular weight is 339 g/mol. The largest absolute Gasteiger partial charge is 0.393 e. The molecule has 0 bridgehead atoms. The highest BCUT2D eigenvalue weighted by molar-refractivity contribution is 6.33. The number of nitrogens with one attached hydrogen (secondary N) is 1. The number of hydrogen-bond acceptors (Lipinski definition) is 3. The van der Waals surface area contributed by atoms with E-state index in [4.69, 9.17) is 11.6 Å². The van der Waals surface area contributed by atoms with Crippen LogP contribution in [0.2, 0.25) is 5.02 Å². The Morgan fingerprint density at radius 3 is 2.78 bits per heavy atom. The van der Waals surface area contributed by atoms with Gasteiger partial charge in [-0.3, -0.25) is 9.59 Å². The van der Waals surface area contributed by atoms with Crippen molar-refractivity contribution < 1.29 is 14.7 Å². The Kier molecular flexibility index (Phi) is 6.02. The summed E-state index contributed by atoms with van der Waals surface area (Å²) in [6.45, 7) is 4.55. The van der Waals surface area contributed by atoms with Crippen LogP contribution in [0.15, 0.2) is 24.3 Å². The number of benzene rings is 1. The minimum absolute atomic E-state index is 0.0877. The van der Waals surface area contributed by atoms with Crippen LogP contribution >= 0.6 is 11.6 Å². The summed E-state index contributed by atoms with van der Waals surface area (Å²) in [5.41, 5.74) is 0.650. The van der Waals surface area contributed by atoms with E-state index >= 15 is 0 Å². The number of aliphatic hydroxyl groups is 1. The number of para-hydroxylation sites is 1. The Labute approximate surface area is 141 Å². The van der Waals surface area contributed by atoms with Crippen LogP contribution in [0.5, 0.6) is 0 Å². The van der Waals surface area contributed by atoms with E-state index in [0.29, 0.717) is 30.2 Å². The summed E-state index contributed by atoms with van der Waals surface area (Å²) in [5.74, 6) is -0.381. The topological polar surface area (TPSA) is 69.6 Å². The lowest BCUT2D eigenvalue weighted by molar-refractivity contribution is -0.126. The second-order valence-corrected chi connectivity index (χ2v) is 6.70. The summed E-state index contributed by atoms with van der Waals surface area (Å²) >= 11 is 6.13. The smallest absolute Gasteiger partial charge is 0.227 e. The second kappa shape index (κ2) is 7.79. The number of carbonyl (C=O) groups is 2. The van der Waals surface area contributed by atoms with E-state index in [2.05, 4.69) is 5.32 Å². The Hall–Kier alpha value is -1.59. The number of aliphatic hydroxyl groups excluding tert-OH is 1. The van der Waals surface area contributed by atoms with Gasteiger partial charge in [0.15, 0.2) is 0 Å². The summed E-state index contributed by atoms with van der Waals surface area (Å²) in [4.78, 5) is 26.0. The summed E-state index contributed by atoms with van der Waals surface area (Å²) in [6.07, 6.45) is 0.447. The highest BCUT2D eigenvalue weighted by atomic mass is 35.5. The fraction of sp³-hybridized carbons (Fsp3) is 0.529. The molecule has 2 N–H and O–H groups in total. The van der Waals surface area contributed by atoms with Crippen molar-refractivity contribution >= 4 is 29.1 Å². The van der Waals surface area contributed by atoms with Crippen LogP contribution in [0.25, 0.3) is 0 Å². The summed E-state index contributed by atoms with van der Waals surface area (Å²) in [7, 11) is 0. The first kappa shape index (κ1) is 17.8. The SMILES string of the molecule is CC(O)CC(C)CNC(=O)C1CC(=O)N(c2ccccc2Cl)C1. The molecule has 0 aliphatic carbocycles. The monoisotopic (exact) mass is 338 g/mol. The summed E-state index contributed by atoms with van der Waals surface area (Å²) < 4.78 is 0. The van der Waals surface area contributed by atoms with E-state index < -0.39 is 0 Å². The maximum atomic E-state index is 12.3. The molecule has 1 heterocycles. The minimum atomic E-state index is -0.384. The van der Waals surface area contributed by atoms with Crippen molar-refractivity contribution in [3.8, 4) is 0 Å². The Morgan fingerprint density at radius 2 is 2.13 bits per heavy atom. The number of anilines is 1. The van der Waals surface area contributed by atoms with Crippen LogP contribution in [0, 0.1) is 11.8 Å². The molecule has 2 amide bonds. The van der Waals surface area contributed by atoms with Crippen molar-refractivity contribution in [1.82, 2.24) is 5.32 Å². The van der Waals surface area contributed by atoms with Crippen molar-refractivity contribution in [2.45, 2.75) is 32.8 Å². The van der Waals surface area contributed by atoms with Crippen LogP contribution in [0.1, 0.15) is 26.7 Å². The molecule has 0 aromatic heterocycles. The maximum Gasteiger partial charge on any atom is 0.227 e. The standard InChI is InChI=1S/C17H23ClN2O3/c1-11(7-12(2)21)9-19-17(23)13-8-16(22)20(10-13)15-6-4-3-5-14(15)18/h3-6,11-13,21H,7-10H2,1-2H3,(H,19,23). The molecule has 0 radical (unpaired) electrons. The minimum Gasteiger partial charge on any atom is -0.393 e. The molecule has 1 saturated heterocycles. The van der Waals surface area contributed by atoms with Crippen LogP contribution in [-0.4, -0.2) is 36.1 Å². The normalized spacial score (nSPS) is 20.4. The van der Waals surface area contributed by atoms with E-state index in [1.165, 1.54) is 0 Å². The van der Waals surface area contributed by atoms with Crippen LogP contribution in [0.3, 0.4) is 0 Å². The predicted octanol–water partition coefficient (Wildman–Crippen LogP) is 2.22. The van der Waals surface area contributed by atoms with Gasteiger partial charge in [0, 0.05) is 19.5 Å². The molecule has 3 unspecified atom stereocenters. The Bertz CT molecular complexity index is 577. The molecule has 0 saturated carbocycles. The van der Waals surface area contributed by atoms with Gasteiger partial charge in [0.2, 0.25) is 11.8 Å². The third-order valence-electron chi connectivity index (χ3n) is 4.01. The van der Waals surface area contributed by atoms with E-state index in [1.807, 2.05) is 13.0 Å². The number of carbonyl (C=O) groups excluding carboxylic acids is 2. The number of hydrogen-bond donors (Lipinski definition) is 2. The molecule has 1 aromatic carbocycles. The predicted molar refractivity (Wildman–Crippen MR) is 90.4 cm³/mol.